The van der Waals surface area contributed by atoms with Gasteiger partial charge in [0.05, 0.1) is 0 Å². The first-order valence-electron chi connectivity index (χ1n) is 13.8. The van der Waals surface area contributed by atoms with Gasteiger partial charge in [0.1, 0.15) is 6.04 Å². The smallest absolute Gasteiger partial charge is 0.243 e. The summed E-state index contributed by atoms with van der Waals surface area (Å²) in [6.45, 7) is 13.8. The second-order valence-electron chi connectivity index (χ2n) is 11.8. The molecule has 0 bridgehead atoms. The van der Waals surface area contributed by atoms with E-state index < -0.39 is 6.04 Å². The fourth-order valence-electron chi connectivity index (χ4n) is 4.43. The lowest BCUT2D eigenvalue weighted by molar-refractivity contribution is -0.141. The van der Waals surface area contributed by atoms with Crippen LogP contribution in [0, 0.1) is 12.8 Å². The number of nitrogens with one attached hydrogen (secondary N) is 1. The number of hydrogen-bond donors (Lipinski definition) is 1. The minimum absolute atomic E-state index is 0.00824. The molecule has 2 amide bonds. The maximum atomic E-state index is 13.8. The number of nitrogens with zero attached hydrogens (tertiary/aromatic N) is 1. The topological polar surface area (TPSA) is 49.4 Å². The van der Waals surface area contributed by atoms with Crippen molar-refractivity contribution in [2.45, 2.75) is 78.8 Å². The molecule has 3 aromatic rings. The lowest BCUT2D eigenvalue weighted by atomic mass is 9.86. The summed E-state index contributed by atoms with van der Waals surface area (Å²) in [7, 11) is 0. The Labute approximate surface area is 229 Å². The van der Waals surface area contributed by atoms with Crippen LogP contribution in [0.1, 0.15) is 68.9 Å². The van der Waals surface area contributed by atoms with Crippen molar-refractivity contribution in [1.82, 2.24) is 10.2 Å². The molecular weight excluding hydrogens is 468 g/mol. The summed E-state index contributed by atoms with van der Waals surface area (Å²) in [5.41, 5.74) is 5.72. The molecular formula is C34H44N2O2. The minimum Gasteiger partial charge on any atom is -0.354 e. The molecule has 0 radical (unpaired) electrons. The van der Waals surface area contributed by atoms with E-state index in [9.17, 15) is 9.59 Å². The first-order valence-corrected chi connectivity index (χ1v) is 13.8. The third-order valence-corrected chi connectivity index (χ3v) is 6.88. The summed E-state index contributed by atoms with van der Waals surface area (Å²) >= 11 is 0. The molecule has 0 aliphatic carbocycles. The summed E-state index contributed by atoms with van der Waals surface area (Å²) in [6, 6.07) is 26.1. The second-order valence-corrected chi connectivity index (χ2v) is 11.8. The van der Waals surface area contributed by atoms with Crippen molar-refractivity contribution in [3.8, 4) is 0 Å². The Balaban J connectivity index is 1.87. The molecule has 3 aromatic carbocycles. The lowest BCUT2D eigenvalue weighted by Crippen LogP contribution is -2.51. The van der Waals surface area contributed by atoms with Crippen LogP contribution in [0.25, 0.3) is 0 Å². The highest BCUT2D eigenvalue weighted by atomic mass is 16.2. The molecule has 3 rings (SSSR count). The number of carbonyl (C=O) groups is 2. The zero-order valence-corrected chi connectivity index (χ0v) is 24.0. The predicted molar refractivity (Wildman–Crippen MR) is 157 cm³/mol. The maximum absolute atomic E-state index is 13.8. The van der Waals surface area contributed by atoms with Crippen LogP contribution in [-0.2, 0) is 34.4 Å². The van der Waals surface area contributed by atoms with E-state index in [0.29, 0.717) is 38.3 Å². The van der Waals surface area contributed by atoms with Crippen LogP contribution in [0.2, 0.25) is 0 Å². The van der Waals surface area contributed by atoms with Crippen molar-refractivity contribution in [1.29, 1.82) is 0 Å². The summed E-state index contributed by atoms with van der Waals surface area (Å²) in [5.74, 6) is 0.220. The monoisotopic (exact) mass is 512 g/mol. The number of amides is 2. The van der Waals surface area contributed by atoms with Crippen LogP contribution in [0.15, 0.2) is 78.9 Å². The van der Waals surface area contributed by atoms with E-state index in [-0.39, 0.29) is 17.2 Å². The van der Waals surface area contributed by atoms with E-state index in [2.05, 4.69) is 83.3 Å². The van der Waals surface area contributed by atoms with Gasteiger partial charge in [0.2, 0.25) is 11.8 Å². The van der Waals surface area contributed by atoms with Crippen LogP contribution in [0.5, 0.6) is 0 Å². The molecule has 4 nitrogen and oxygen atoms in total. The van der Waals surface area contributed by atoms with Gasteiger partial charge in [-0.05, 0) is 46.9 Å². The lowest BCUT2D eigenvalue weighted by Gasteiger charge is -2.32. The Morgan fingerprint density at radius 1 is 0.816 bits per heavy atom. The van der Waals surface area contributed by atoms with Crippen LogP contribution in [-0.4, -0.2) is 29.3 Å². The van der Waals surface area contributed by atoms with Gasteiger partial charge in [-0.15, -0.1) is 0 Å². The van der Waals surface area contributed by atoms with Gasteiger partial charge in [0.25, 0.3) is 0 Å². The summed E-state index contributed by atoms with van der Waals surface area (Å²) < 4.78 is 0. The highest BCUT2D eigenvalue weighted by Gasteiger charge is 2.30. The number of carbonyl (C=O) groups excluding carboxylic acids is 2. The zero-order valence-electron chi connectivity index (χ0n) is 24.0. The van der Waals surface area contributed by atoms with Crippen molar-refractivity contribution >= 4 is 11.8 Å². The molecule has 38 heavy (non-hydrogen) atoms. The van der Waals surface area contributed by atoms with Gasteiger partial charge in [0.15, 0.2) is 0 Å². The van der Waals surface area contributed by atoms with E-state index in [1.165, 1.54) is 11.1 Å². The Kier molecular flexibility index (Phi) is 10.3. The summed E-state index contributed by atoms with van der Waals surface area (Å²) in [6.07, 6.45) is 1.46. The molecule has 0 aromatic heterocycles. The van der Waals surface area contributed by atoms with Gasteiger partial charge in [-0.1, -0.05) is 119 Å². The average molecular weight is 513 g/mol. The molecule has 0 aliphatic rings. The fraction of sp³-hybridized carbons (Fsp3) is 0.412. The van der Waals surface area contributed by atoms with Crippen molar-refractivity contribution in [3.63, 3.8) is 0 Å². The van der Waals surface area contributed by atoms with Crippen LogP contribution in [0.3, 0.4) is 0 Å². The van der Waals surface area contributed by atoms with E-state index in [0.717, 1.165) is 16.7 Å². The first kappa shape index (κ1) is 29.2. The molecule has 0 heterocycles. The van der Waals surface area contributed by atoms with Crippen molar-refractivity contribution < 1.29 is 9.59 Å². The quantitative estimate of drug-likeness (QED) is 0.313. The third-order valence-electron chi connectivity index (χ3n) is 6.88. The molecule has 0 saturated carbocycles. The SMILES string of the molecule is Cc1ccc(CN(C(=O)CCc2ccc(C(C)(C)C)cc2)C(Cc2ccccc2)C(=O)NCC(C)C)cc1. The van der Waals surface area contributed by atoms with Gasteiger partial charge in [-0.3, -0.25) is 9.59 Å². The number of rotatable bonds is 11. The third kappa shape index (κ3) is 8.86. The van der Waals surface area contributed by atoms with Crippen LogP contribution < -0.4 is 5.32 Å². The zero-order chi connectivity index (χ0) is 27.7. The number of benzene rings is 3. The molecule has 0 saturated heterocycles. The molecule has 0 fully saturated rings. The molecule has 0 spiro atoms. The largest absolute Gasteiger partial charge is 0.354 e. The molecule has 0 aliphatic heterocycles. The number of aryl methyl sites for hydroxylation is 2. The molecule has 1 unspecified atom stereocenters. The van der Waals surface area contributed by atoms with Crippen LogP contribution in [0.4, 0.5) is 0 Å². The van der Waals surface area contributed by atoms with Crippen molar-refractivity contribution in [3.05, 3.63) is 107 Å². The Morgan fingerprint density at radius 2 is 1.42 bits per heavy atom. The predicted octanol–water partition coefficient (Wildman–Crippen LogP) is 6.64. The highest BCUT2D eigenvalue weighted by molar-refractivity contribution is 5.88. The van der Waals surface area contributed by atoms with E-state index in [1.54, 1.807) is 4.90 Å². The first-order chi connectivity index (χ1) is 18.0. The maximum Gasteiger partial charge on any atom is 0.243 e. The average Bonchev–Trinajstić information content (AvgIpc) is 2.89. The van der Waals surface area contributed by atoms with Crippen molar-refractivity contribution in [2.75, 3.05) is 6.54 Å². The molecule has 1 N–H and O–H groups in total. The summed E-state index contributed by atoms with van der Waals surface area (Å²) in [4.78, 5) is 29.2. The minimum atomic E-state index is -0.590. The molecule has 1 atom stereocenters. The van der Waals surface area contributed by atoms with Gasteiger partial charge < -0.3 is 10.2 Å². The second kappa shape index (κ2) is 13.4. The van der Waals surface area contributed by atoms with E-state index >= 15 is 0 Å². The van der Waals surface area contributed by atoms with Gasteiger partial charge in [-0.2, -0.15) is 0 Å². The van der Waals surface area contributed by atoms with E-state index in [1.807, 2.05) is 42.5 Å². The van der Waals surface area contributed by atoms with E-state index in [4.69, 9.17) is 0 Å². The van der Waals surface area contributed by atoms with Gasteiger partial charge in [-0.25, -0.2) is 0 Å². The Hall–Kier alpha value is -3.40. The standard InChI is InChI=1S/C34H44N2O2/c1-25(2)23-35-33(38)31(22-28-10-8-7-9-11-28)36(24-29-14-12-26(3)13-15-29)32(37)21-18-27-16-19-30(20-17-27)34(4,5)6/h7-17,19-20,25,31H,18,21-24H2,1-6H3,(H,35,38). The molecule has 4 heteroatoms. The summed E-state index contributed by atoms with van der Waals surface area (Å²) in [5, 5.41) is 3.09. The fourth-order valence-corrected chi connectivity index (χ4v) is 4.43. The van der Waals surface area contributed by atoms with Crippen LogP contribution >= 0.6 is 0 Å². The number of hydrogen-bond acceptors (Lipinski definition) is 2. The van der Waals surface area contributed by atoms with Crippen molar-refractivity contribution in [2.24, 2.45) is 5.92 Å². The normalized spacial score (nSPS) is 12.3. The molecule has 202 valence electrons. The van der Waals surface area contributed by atoms with Gasteiger partial charge >= 0.3 is 0 Å². The highest BCUT2D eigenvalue weighted by Crippen LogP contribution is 2.23. The Morgan fingerprint density at radius 3 is 2.00 bits per heavy atom. The van der Waals surface area contributed by atoms with Gasteiger partial charge in [0, 0.05) is 25.9 Å². The Bertz CT molecular complexity index is 1160.